The van der Waals surface area contributed by atoms with Crippen LogP contribution in [0.3, 0.4) is 0 Å². The maximum atomic E-state index is 12.5. The minimum Gasteiger partial charge on any atom is -0.353 e. The molecule has 0 aliphatic carbocycles. The lowest BCUT2D eigenvalue weighted by Gasteiger charge is -2.38. The maximum absolute atomic E-state index is 12.5. The lowest BCUT2D eigenvalue weighted by atomic mass is 10.0. The Labute approximate surface area is 161 Å². The molecule has 3 heterocycles. The highest BCUT2D eigenvalue weighted by molar-refractivity contribution is 5.89. The Morgan fingerprint density at radius 3 is 2.74 bits per heavy atom. The quantitative estimate of drug-likeness (QED) is 0.770. The van der Waals surface area contributed by atoms with Gasteiger partial charge < -0.3 is 10.6 Å². The molecule has 2 amide bonds. The molecule has 0 spiro atoms. The molecule has 1 atom stereocenters. The number of pyridine rings is 1. The normalized spacial score (nSPS) is 22.6. The summed E-state index contributed by atoms with van der Waals surface area (Å²) in [7, 11) is 0. The number of hydrogen-bond acceptors (Lipinski definition) is 5. The van der Waals surface area contributed by atoms with Crippen molar-refractivity contribution in [2.75, 3.05) is 26.2 Å². The summed E-state index contributed by atoms with van der Waals surface area (Å²) in [6, 6.07) is 6.07. The van der Waals surface area contributed by atoms with Crippen LogP contribution < -0.4 is 10.6 Å². The maximum Gasteiger partial charge on any atom is 0.237 e. The molecule has 1 aromatic rings. The Balaban J connectivity index is 1.44. The van der Waals surface area contributed by atoms with Gasteiger partial charge in [0.05, 0.1) is 18.2 Å². The monoisotopic (exact) mass is 373 g/mol. The summed E-state index contributed by atoms with van der Waals surface area (Å²) in [4.78, 5) is 33.6. The largest absolute Gasteiger partial charge is 0.353 e. The SMILES string of the molecule is CC(C)N1CCNC(=O)C1CC(=O)NC1CCN(Cc2ccccn2)CC1. The highest BCUT2D eigenvalue weighted by atomic mass is 16.2. The fourth-order valence-electron chi connectivity index (χ4n) is 3.98. The standard InChI is InChI=1S/C20H31N5O2/c1-15(2)25-12-9-22-20(27)18(25)13-19(26)23-16-6-10-24(11-7-16)14-17-5-3-4-8-21-17/h3-5,8,15-16,18H,6-7,9-14H2,1-2H3,(H,22,27)(H,23,26). The molecule has 0 bridgehead atoms. The predicted octanol–water partition coefficient (Wildman–Crippen LogP) is 0.761. The van der Waals surface area contributed by atoms with E-state index in [2.05, 4.69) is 39.3 Å². The average Bonchev–Trinajstić information content (AvgIpc) is 2.65. The van der Waals surface area contributed by atoms with Crippen molar-refractivity contribution in [3.63, 3.8) is 0 Å². The van der Waals surface area contributed by atoms with E-state index in [4.69, 9.17) is 0 Å². The van der Waals surface area contributed by atoms with E-state index in [-0.39, 0.29) is 36.4 Å². The summed E-state index contributed by atoms with van der Waals surface area (Å²) in [5.74, 6) is -0.0545. The lowest BCUT2D eigenvalue weighted by Crippen LogP contribution is -2.58. The summed E-state index contributed by atoms with van der Waals surface area (Å²) >= 11 is 0. The number of amides is 2. The minimum absolute atomic E-state index is 0.0223. The zero-order valence-corrected chi connectivity index (χ0v) is 16.4. The number of nitrogens with zero attached hydrogens (tertiary/aromatic N) is 3. The Morgan fingerprint density at radius 1 is 1.30 bits per heavy atom. The zero-order valence-electron chi connectivity index (χ0n) is 16.4. The van der Waals surface area contributed by atoms with Crippen molar-refractivity contribution in [2.24, 2.45) is 0 Å². The second-order valence-electron chi connectivity index (χ2n) is 7.78. The second kappa shape index (κ2) is 9.28. The van der Waals surface area contributed by atoms with Gasteiger partial charge in [-0.05, 0) is 38.8 Å². The lowest BCUT2D eigenvalue weighted by molar-refractivity contribution is -0.135. The predicted molar refractivity (Wildman–Crippen MR) is 104 cm³/mol. The molecule has 3 rings (SSSR count). The molecule has 0 aromatic carbocycles. The fourth-order valence-corrected chi connectivity index (χ4v) is 3.98. The highest BCUT2D eigenvalue weighted by Crippen LogP contribution is 2.15. The van der Waals surface area contributed by atoms with Crippen molar-refractivity contribution in [3.8, 4) is 0 Å². The summed E-state index contributed by atoms with van der Waals surface area (Å²) in [5, 5.41) is 6.02. The van der Waals surface area contributed by atoms with Gasteiger partial charge in [-0.3, -0.25) is 24.4 Å². The summed E-state index contributed by atoms with van der Waals surface area (Å²) < 4.78 is 0. The molecule has 148 valence electrons. The summed E-state index contributed by atoms with van der Waals surface area (Å²) in [6.07, 6.45) is 3.93. The van der Waals surface area contributed by atoms with Crippen LogP contribution in [0.15, 0.2) is 24.4 Å². The molecule has 7 nitrogen and oxygen atoms in total. The molecule has 0 saturated carbocycles. The first-order chi connectivity index (χ1) is 13.0. The van der Waals surface area contributed by atoms with E-state index in [1.807, 2.05) is 24.4 Å². The molecule has 2 aliphatic heterocycles. The van der Waals surface area contributed by atoms with Crippen molar-refractivity contribution in [1.82, 2.24) is 25.4 Å². The molecule has 2 saturated heterocycles. The number of nitrogens with one attached hydrogen (secondary N) is 2. The number of aromatic nitrogens is 1. The number of carbonyl (C=O) groups is 2. The number of piperazine rings is 1. The van der Waals surface area contributed by atoms with Crippen molar-refractivity contribution in [2.45, 2.75) is 57.8 Å². The van der Waals surface area contributed by atoms with Gasteiger partial charge in [0.1, 0.15) is 0 Å². The van der Waals surface area contributed by atoms with Crippen molar-refractivity contribution >= 4 is 11.8 Å². The molecule has 1 aromatic heterocycles. The second-order valence-corrected chi connectivity index (χ2v) is 7.78. The Hall–Kier alpha value is -1.99. The molecule has 7 heteroatoms. The first-order valence-corrected chi connectivity index (χ1v) is 9.98. The van der Waals surface area contributed by atoms with Gasteiger partial charge in [-0.25, -0.2) is 0 Å². The molecule has 2 aliphatic rings. The number of piperidine rings is 1. The Bertz CT molecular complexity index is 629. The third-order valence-electron chi connectivity index (χ3n) is 5.48. The first kappa shape index (κ1) is 19.8. The van der Waals surface area contributed by atoms with Gasteiger partial charge in [-0.1, -0.05) is 6.07 Å². The van der Waals surface area contributed by atoms with E-state index in [9.17, 15) is 9.59 Å². The van der Waals surface area contributed by atoms with Gasteiger partial charge in [0.25, 0.3) is 0 Å². The van der Waals surface area contributed by atoms with Crippen LogP contribution in [0.5, 0.6) is 0 Å². The minimum atomic E-state index is -0.358. The third kappa shape index (κ3) is 5.49. The van der Waals surface area contributed by atoms with Crippen molar-refractivity contribution in [1.29, 1.82) is 0 Å². The van der Waals surface area contributed by atoms with Gasteiger partial charge in [0, 0.05) is 51.0 Å². The molecule has 27 heavy (non-hydrogen) atoms. The molecule has 2 fully saturated rings. The molecular weight excluding hydrogens is 342 g/mol. The van der Waals surface area contributed by atoms with Crippen molar-refractivity contribution < 1.29 is 9.59 Å². The van der Waals surface area contributed by atoms with E-state index in [1.54, 1.807) is 0 Å². The smallest absolute Gasteiger partial charge is 0.237 e. The third-order valence-corrected chi connectivity index (χ3v) is 5.48. The molecule has 1 unspecified atom stereocenters. The van der Waals surface area contributed by atoms with Crippen LogP contribution >= 0.6 is 0 Å². The average molecular weight is 374 g/mol. The van der Waals surface area contributed by atoms with Crippen LogP contribution in [0, 0.1) is 0 Å². The van der Waals surface area contributed by atoms with E-state index in [0.717, 1.165) is 44.7 Å². The van der Waals surface area contributed by atoms with Gasteiger partial charge in [-0.2, -0.15) is 0 Å². The summed E-state index contributed by atoms with van der Waals surface area (Å²) in [5.41, 5.74) is 1.08. The molecular formula is C20H31N5O2. The fraction of sp³-hybridized carbons (Fsp3) is 0.650. The Morgan fingerprint density at radius 2 is 2.07 bits per heavy atom. The van der Waals surface area contributed by atoms with Crippen LogP contribution in [0.25, 0.3) is 0 Å². The van der Waals surface area contributed by atoms with E-state index >= 15 is 0 Å². The topological polar surface area (TPSA) is 77.6 Å². The number of likely N-dealkylation sites (tertiary alicyclic amines) is 1. The van der Waals surface area contributed by atoms with E-state index in [0.29, 0.717) is 6.54 Å². The Kier molecular flexibility index (Phi) is 6.79. The number of hydrogen-bond donors (Lipinski definition) is 2. The van der Waals surface area contributed by atoms with E-state index < -0.39 is 0 Å². The van der Waals surface area contributed by atoms with E-state index in [1.165, 1.54) is 0 Å². The first-order valence-electron chi connectivity index (χ1n) is 9.98. The summed E-state index contributed by atoms with van der Waals surface area (Å²) in [6.45, 7) is 8.35. The number of rotatable bonds is 6. The number of carbonyl (C=O) groups excluding carboxylic acids is 2. The van der Waals surface area contributed by atoms with Crippen LogP contribution in [0.1, 0.15) is 38.8 Å². The van der Waals surface area contributed by atoms with Crippen LogP contribution in [0.2, 0.25) is 0 Å². The van der Waals surface area contributed by atoms with Gasteiger partial charge >= 0.3 is 0 Å². The highest BCUT2D eigenvalue weighted by Gasteiger charge is 2.33. The van der Waals surface area contributed by atoms with Crippen LogP contribution in [0.4, 0.5) is 0 Å². The van der Waals surface area contributed by atoms with Crippen LogP contribution in [-0.4, -0.2) is 70.9 Å². The molecule has 2 N–H and O–H groups in total. The van der Waals surface area contributed by atoms with Crippen molar-refractivity contribution in [3.05, 3.63) is 30.1 Å². The van der Waals surface area contributed by atoms with Gasteiger partial charge in [0.15, 0.2) is 0 Å². The zero-order chi connectivity index (χ0) is 19.2. The molecule has 0 radical (unpaired) electrons. The van der Waals surface area contributed by atoms with Gasteiger partial charge in [-0.15, -0.1) is 0 Å². The van der Waals surface area contributed by atoms with Gasteiger partial charge in [0.2, 0.25) is 11.8 Å². The van der Waals surface area contributed by atoms with Crippen LogP contribution in [-0.2, 0) is 16.1 Å².